The molecule has 2 fully saturated rings. The van der Waals surface area contributed by atoms with Gasteiger partial charge in [-0.2, -0.15) is 4.31 Å². The maximum Gasteiger partial charge on any atom is 0.243 e. The molecule has 2 saturated heterocycles. The van der Waals surface area contributed by atoms with E-state index >= 15 is 0 Å². The number of aryl methyl sites for hydroxylation is 2. The normalized spacial score (nSPS) is 19.2. The van der Waals surface area contributed by atoms with Crippen LogP contribution >= 0.6 is 0 Å². The second-order valence-electron chi connectivity index (χ2n) is 9.41. The van der Waals surface area contributed by atoms with Gasteiger partial charge in [0.25, 0.3) is 0 Å². The van der Waals surface area contributed by atoms with Gasteiger partial charge in [0.05, 0.1) is 4.90 Å². The van der Waals surface area contributed by atoms with Gasteiger partial charge in [-0.1, -0.05) is 48.0 Å². The highest BCUT2D eigenvalue weighted by Gasteiger charge is 2.35. The number of rotatable bonds is 5. The Bertz CT molecular complexity index is 1040. The lowest BCUT2D eigenvalue weighted by atomic mass is 9.89. The number of piperidine rings is 2. The van der Waals surface area contributed by atoms with Gasteiger partial charge in [-0.15, -0.1) is 0 Å². The molecule has 172 valence electrons. The van der Waals surface area contributed by atoms with Crippen LogP contribution in [0.25, 0.3) is 0 Å². The second-order valence-corrected chi connectivity index (χ2v) is 11.3. The molecule has 0 spiro atoms. The quantitative estimate of drug-likeness (QED) is 0.681. The lowest BCUT2D eigenvalue weighted by molar-refractivity contribution is -0.138. The number of nitrogens with zero attached hydrogens (tertiary/aromatic N) is 2. The van der Waals surface area contributed by atoms with E-state index < -0.39 is 10.0 Å². The summed E-state index contributed by atoms with van der Waals surface area (Å²) in [5, 5.41) is 0. The van der Waals surface area contributed by atoms with Crippen LogP contribution in [-0.2, 0) is 21.2 Å². The first-order chi connectivity index (χ1) is 15.3. The summed E-state index contributed by atoms with van der Waals surface area (Å²) in [4.78, 5) is 15.5. The second kappa shape index (κ2) is 9.75. The molecule has 0 saturated carbocycles. The third kappa shape index (κ3) is 5.07. The lowest BCUT2D eigenvalue weighted by Crippen LogP contribution is -2.46. The molecule has 32 heavy (non-hydrogen) atoms. The molecule has 0 aromatic heterocycles. The molecule has 5 nitrogen and oxygen atoms in total. The fraction of sp³-hybridized carbons (Fsp3) is 0.500. The van der Waals surface area contributed by atoms with E-state index in [1.807, 2.05) is 36.9 Å². The first-order valence-electron chi connectivity index (χ1n) is 11.7. The molecule has 2 aromatic carbocycles. The van der Waals surface area contributed by atoms with Crippen LogP contribution in [0.3, 0.4) is 0 Å². The number of carbonyl (C=O) groups excluding carboxylic acids is 1. The molecule has 0 N–H and O–H groups in total. The highest BCUT2D eigenvalue weighted by atomic mass is 32.2. The van der Waals surface area contributed by atoms with E-state index in [4.69, 9.17) is 0 Å². The highest BCUT2D eigenvalue weighted by Crippen LogP contribution is 2.29. The molecule has 2 aliphatic rings. The number of likely N-dealkylation sites (tertiary alicyclic amines) is 1. The molecule has 6 heteroatoms. The maximum absolute atomic E-state index is 13.1. The Morgan fingerprint density at radius 2 is 1.56 bits per heavy atom. The van der Waals surface area contributed by atoms with Crippen molar-refractivity contribution in [2.24, 2.45) is 11.8 Å². The Kier molecular flexibility index (Phi) is 7.01. The number of hydrogen-bond acceptors (Lipinski definition) is 3. The first-order valence-corrected chi connectivity index (χ1v) is 13.2. The smallest absolute Gasteiger partial charge is 0.243 e. The summed E-state index contributed by atoms with van der Waals surface area (Å²) in [6, 6.07) is 16.0. The number of carbonyl (C=O) groups is 1. The summed E-state index contributed by atoms with van der Waals surface area (Å²) in [5.41, 5.74) is 3.20. The van der Waals surface area contributed by atoms with Crippen LogP contribution in [0, 0.1) is 25.7 Å². The molecule has 0 bridgehead atoms. The van der Waals surface area contributed by atoms with Crippen molar-refractivity contribution in [2.45, 2.75) is 50.8 Å². The van der Waals surface area contributed by atoms with E-state index in [1.54, 1.807) is 10.4 Å². The van der Waals surface area contributed by atoms with Gasteiger partial charge < -0.3 is 4.90 Å². The van der Waals surface area contributed by atoms with E-state index in [9.17, 15) is 13.2 Å². The SMILES string of the molecule is Cc1ccc(S(=O)(=O)N2CCC(C(=O)N3CCC(Cc4ccccc4)CC3)CC2)c(C)c1. The average Bonchev–Trinajstić information content (AvgIpc) is 2.80. The minimum absolute atomic E-state index is 0.0637. The molecular weight excluding hydrogens is 420 g/mol. The molecular formula is C26H34N2O3S. The fourth-order valence-corrected chi connectivity index (χ4v) is 6.81. The molecule has 4 rings (SSSR count). The van der Waals surface area contributed by atoms with Crippen molar-refractivity contribution in [3.05, 3.63) is 65.2 Å². The lowest BCUT2D eigenvalue weighted by Gasteiger charge is -2.37. The van der Waals surface area contributed by atoms with E-state index in [0.717, 1.165) is 43.5 Å². The summed E-state index contributed by atoms with van der Waals surface area (Å²) >= 11 is 0. The van der Waals surface area contributed by atoms with Crippen molar-refractivity contribution in [1.82, 2.24) is 9.21 Å². The molecule has 2 aliphatic heterocycles. The third-order valence-corrected chi connectivity index (χ3v) is 9.10. The Morgan fingerprint density at radius 1 is 0.906 bits per heavy atom. The predicted octanol–water partition coefficient (Wildman–Crippen LogP) is 4.19. The number of benzene rings is 2. The van der Waals surface area contributed by atoms with Gasteiger partial charge in [-0.3, -0.25) is 4.79 Å². The zero-order valence-corrected chi connectivity index (χ0v) is 20.0. The van der Waals surface area contributed by atoms with E-state index in [-0.39, 0.29) is 11.8 Å². The van der Waals surface area contributed by atoms with Crippen molar-refractivity contribution in [3.8, 4) is 0 Å². The Balaban J connectivity index is 1.29. The molecule has 2 heterocycles. The standard InChI is InChI=1S/C26H34N2O3S/c1-20-8-9-25(21(2)18-20)32(30,31)28-16-12-24(13-17-28)26(29)27-14-10-23(11-15-27)19-22-6-4-3-5-7-22/h3-9,18,23-24H,10-17,19H2,1-2H3. The summed E-state index contributed by atoms with van der Waals surface area (Å²) in [6.45, 7) is 6.27. The maximum atomic E-state index is 13.1. The van der Waals surface area contributed by atoms with Gasteiger partial charge in [0.2, 0.25) is 15.9 Å². The molecule has 0 radical (unpaired) electrons. The zero-order valence-electron chi connectivity index (χ0n) is 19.2. The van der Waals surface area contributed by atoms with Crippen LogP contribution in [0.4, 0.5) is 0 Å². The molecule has 0 unspecified atom stereocenters. The van der Waals surface area contributed by atoms with Gasteiger partial charge >= 0.3 is 0 Å². The molecule has 0 atom stereocenters. The highest BCUT2D eigenvalue weighted by molar-refractivity contribution is 7.89. The van der Waals surface area contributed by atoms with Gasteiger partial charge in [0.15, 0.2) is 0 Å². The van der Waals surface area contributed by atoms with Gasteiger partial charge in [-0.05, 0) is 69.1 Å². The third-order valence-electron chi connectivity index (χ3n) is 7.04. The number of amides is 1. The average molecular weight is 455 g/mol. The van der Waals surface area contributed by atoms with Crippen LogP contribution in [-0.4, -0.2) is 49.7 Å². The molecule has 1 amide bonds. The van der Waals surface area contributed by atoms with E-state index in [0.29, 0.717) is 36.7 Å². The number of hydrogen-bond donors (Lipinski definition) is 0. The minimum atomic E-state index is -3.51. The minimum Gasteiger partial charge on any atom is -0.342 e. The molecule has 0 aliphatic carbocycles. The predicted molar refractivity (Wildman–Crippen MR) is 127 cm³/mol. The summed E-state index contributed by atoms with van der Waals surface area (Å²) in [7, 11) is -3.51. The van der Waals surface area contributed by atoms with Crippen LogP contribution in [0.5, 0.6) is 0 Å². The Morgan fingerprint density at radius 3 is 2.19 bits per heavy atom. The van der Waals surface area contributed by atoms with Gasteiger partial charge in [0.1, 0.15) is 0 Å². The van der Waals surface area contributed by atoms with Crippen molar-refractivity contribution < 1.29 is 13.2 Å². The fourth-order valence-electron chi connectivity index (χ4n) is 5.13. The largest absolute Gasteiger partial charge is 0.342 e. The van der Waals surface area contributed by atoms with Crippen molar-refractivity contribution in [2.75, 3.05) is 26.2 Å². The Hall–Kier alpha value is -2.18. The van der Waals surface area contributed by atoms with Crippen molar-refractivity contribution in [1.29, 1.82) is 0 Å². The van der Waals surface area contributed by atoms with Crippen LogP contribution in [0.15, 0.2) is 53.4 Å². The summed E-state index contributed by atoms with van der Waals surface area (Å²) in [6.07, 6.45) is 4.37. The van der Waals surface area contributed by atoms with Crippen molar-refractivity contribution in [3.63, 3.8) is 0 Å². The van der Waals surface area contributed by atoms with E-state index in [1.165, 1.54) is 5.56 Å². The molecule has 2 aromatic rings. The van der Waals surface area contributed by atoms with Gasteiger partial charge in [0, 0.05) is 32.1 Å². The monoisotopic (exact) mass is 454 g/mol. The number of sulfonamides is 1. The van der Waals surface area contributed by atoms with Crippen LogP contribution in [0.2, 0.25) is 0 Å². The van der Waals surface area contributed by atoms with Crippen LogP contribution in [0.1, 0.15) is 42.4 Å². The summed E-state index contributed by atoms with van der Waals surface area (Å²) in [5.74, 6) is 0.782. The first kappa shape index (κ1) is 23.0. The summed E-state index contributed by atoms with van der Waals surface area (Å²) < 4.78 is 27.8. The van der Waals surface area contributed by atoms with E-state index in [2.05, 4.69) is 24.3 Å². The van der Waals surface area contributed by atoms with Crippen LogP contribution < -0.4 is 0 Å². The van der Waals surface area contributed by atoms with Gasteiger partial charge in [-0.25, -0.2) is 8.42 Å². The topological polar surface area (TPSA) is 57.7 Å². The Labute approximate surface area is 192 Å². The zero-order chi connectivity index (χ0) is 22.7. The van der Waals surface area contributed by atoms with Crippen molar-refractivity contribution >= 4 is 15.9 Å².